The lowest BCUT2D eigenvalue weighted by atomic mass is 9.99. The van der Waals surface area contributed by atoms with Gasteiger partial charge < -0.3 is 4.90 Å². The fourth-order valence-electron chi connectivity index (χ4n) is 2.96. The van der Waals surface area contributed by atoms with Crippen LogP contribution in [0.3, 0.4) is 0 Å². The number of halogens is 2. The number of hydrogen-bond donors (Lipinski definition) is 0. The molecule has 0 saturated heterocycles. The summed E-state index contributed by atoms with van der Waals surface area (Å²) in [5.41, 5.74) is 1.49. The molecule has 0 aliphatic carbocycles. The number of carbonyl (C=O) groups is 1. The molecular formula is C19H17Cl2N2O3S. The van der Waals surface area contributed by atoms with E-state index in [0.717, 1.165) is 0 Å². The maximum absolute atomic E-state index is 13.4. The molecule has 0 N–H and O–H groups in total. The summed E-state index contributed by atoms with van der Waals surface area (Å²) >= 11 is 12.7. The molecule has 0 fully saturated rings. The monoisotopic (exact) mass is 423 g/mol. The minimum Gasteiger partial charge on any atom is -0.313 e. The smallest absolute Gasteiger partial charge is 0.223 e. The maximum atomic E-state index is 13.4. The first kappa shape index (κ1) is 19.9. The van der Waals surface area contributed by atoms with Gasteiger partial charge in [0.25, 0.3) is 0 Å². The number of benzene rings is 1. The summed E-state index contributed by atoms with van der Waals surface area (Å²) in [7, 11) is -2.31. The van der Waals surface area contributed by atoms with Crippen LogP contribution >= 0.6 is 23.2 Å². The van der Waals surface area contributed by atoms with Crippen LogP contribution in [0.1, 0.15) is 37.6 Å². The van der Waals surface area contributed by atoms with Crippen molar-refractivity contribution in [3.63, 3.8) is 0 Å². The summed E-state index contributed by atoms with van der Waals surface area (Å²) < 4.78 is 25.5. The molecule has 2 heterocycles. The summed E-state index contributed by atoms with van der Waals surface area (Å²) in [6, 6.07) is 6.45. The van der Waals surface area contributed by atoms with Gasteiger partial charge in [0.2, 0.25) is 5.91 Å². The standard InChI is InChI=1S/C19H17Cl2N2O3S/c1-11(24)23(4)18-14(20)8-7-12(17(18)21)16-10-15-13(6-5-9-22-15)19(2,3)27(16,25)26/h5-9H,1-4H3. The first-order chi connectivity index (χ1) is 12.5. The lowest BCUT2D eigenvalue weighted by molar-refractivity contribution is -0.116. The van der Waals surface area contributed by atoms with Crippen LogP contribution in [0.2, 0.25) is 10.0 Å². The molecule has 0 unspecified atom stereocenters. The predicted molar refractivity (Wildman–Crippen MR) is 107 cm³/mol. The molecule has 3 rings (SSSR count). The van der Waals surface area contributed by atoms with Gasteiger partial charge in [0.15, 0.2) is 9.84 Å². The third-order valence-electron chi connectivity index (χ3n) is 4.75. The molecule has 0 spiro atoms. The topological polar surface area (TPSA) is 67.3 Å². The maximum Gasteiger partial charge on any atom is 0.223 e. The van der Waals surface area contributed by atoms with Gasteiger partial charge in [-0.15, -0.1) is 0 Å². The highest BCUT2D eigenvalue weighted by atomic mass is 35.5. The second kappa shape index (κ2) is 6.62. The van der Waals surface area contributed by atoms with Gasteiger partial charge in [-0.1, -0.05) is 35.3 Å². The molecule has 5 nitrogen and oxygen atoms in total. The van der Waals surface area contributed by atoms with Gasteiger partial charge in [0, 0.05) is 31.8 Å². The highest BCUT2D eigenvalue weighted by Crippen LogP contribution is 2.47. The van der Waals surface area contributed by atoms with Gasteiger partial charge in [-0.3, -0.25) is 9.78 Å². The molecular weight excluding hydrogens is 407 g/mol. The first-order valence-corrected chi connectivity index (χ1v) is 10.3. The van der Waals surface area contributed by atoms with Crippen LogP contribution in [-0.4, -0.2) is 26.4 Å². The number of hydrogen-bond acceptors (Lipinski definition) is 4. The Morgan fingerprint density at radius 3 is 2.52 bits per heavy atom. The van der Waals surface area contributed by atoms with Gasteiger partial charge in [0.05, 0.1) is 31.1 Å². The highest BCUT2D eigenvalue weighted by molar-refractivity contribution is 8.01. The average molecular weight is 424 g/mol. The van der Waals surface area contributed by atoms with Crippen LogP contribution in [0.4, 0.5) is 5.69 Å². The molecule has 0 saturated carbocycles. The van der Waals surface area contributed by atoms with Gasteiger partial charge in [-0.25, -0.2) is 8.42 Å². The first-order valence-electron chi connectivity index (χ1n) is 8.07. The van der Waals surface area contributed by atoms with E-state index in [1.807, 2.05) is 0 Å². The van der Waals surface area contributed by atoms with E-state index >= 15 is 0 Å². The van der Waals surface area contributed by atoms with E-state index in [4.69, 9.17) is 23.2 Å². The van der Waals surface area contributed by atoms with Gasteiger partial charge >= 0.3 is 0 Å². The van der Waals surface area contributed by atoms with Crippen LogP contribution in [0.15, 0.2) is 30.5 Å². The number of pyridine rings is 1. The lowest BCUT2D eigenvalue weighted by Gasteiger charge is -2.32. The van der Waals surface area contributed by atoms with E-state index in [1.165, 1.54) is 31.0 Å². The van der Waals surface area contributed by atoms with Crippen LogP contribution in [-0.2, 0) is 19.4 Å². The molecule has 1 aliphatic rings. The van der Waals surface area contributed by atoms with Crippen molar-refractivity contribution in [3.8, 4) is 0 Å². The van der Waals surface area contributed by atoms with Gasteiger partial charge in [-0.05, 0) is 31.5 Å². The quantitative estimate of drug-likeness (QED) is 0.724. The SMILES string of the molecule is CC(=O)N(C)c1c(Cl)ccc(C2=[C]c3ncccc3C(C)(C)S2(=O)=O)c1Cl. The Hall–Kier alpha value is -1.89. The molecule has 1 aromatic carbocycles. The van der Waals surface area contributed by atoms with Gasteiger partial charge in [0.1, 0.15) is 0 Å². The van der Waals surface area contributed by atoms with Crippen LogP contribution in [0, 0.1) is 6.08 Å². The third kappa shape index (κ3) is 2.96. The lowest BCUT2D eigenvalue weighted by Crippen LogP contribution is -2.34. The van der Waals surface area contributed by atoms with Crippen molar-refractivity contribution in [2.24, 2.45) is 0 Å². The normalized spacial score (nSPS) is 17.0. The Morgan fingerprint density at radius 1 is 1.22 bits per heavy atom. The number of rotatable bonds is 2. The van der Waals surface area contributed by atoms with E-state index in [0.29, 0.717) is 11.3 Å². The van der Waals surface area contributed by atoms with Crippen LogP contribution in [0.5, 0.6) is 0 Å². The zero-order valence-corrected chi connectivity index (χ0v) is 17.5. The van der Waals surface area contributed by atoms with Crippen molar-refractivity contribution in [1.82, 2.24) is 4.98 Å². The molecule has 0 bridgehead atoms. The summed E-state index contributed by atoms with van der Waals surface area (Å²) in [6.07, 6.45) is 4.48. The van der Waals surface area contributed by atoms with E-state index in [-0.39, 0.29) is 32.1 Å². The summed E-state index contributed by atoms with van der Waals surface area (Å²) in [5.74, 6) is -0.284. The molecule has 2 aromatic rings. The molecule has 1 radical (unpaired) electrons. The number of sulfone groups is 1. The van der Waals surface area contributed by atoms with Gasteiger partial charge in [-0.2, -0.15) is 0 Å². The predicted octanol–water partition coefficient (Wildman–Crippen LogP) is 4.23. The Kier molecular flexibility index (Phi) is 4.87. The Balaban J connectivity index is 2.33. The molecule has 1 aliphatic heterocycles. The van der Waals surface area contributed by atoms with E-state index in [2.05, 4.69) is 11.1 Å². The zero-order valence-electron chi connectivity index (χ0n) is 15.2. The van der Waals surface area contributed by atoms with Crippen molar-refractivity contribution < 1.29 is 13.2 Å². The van der Waals surface area contributed by atoms with Crippen molar-refractivity contribution in [2.45, 2.75) is 25.5 Å². The molecule has 0 atom stereocenters. The van der Waals surface area contributed by atoms with Crippen LogP contribution in [0.25, 0.3) is 4.91 Å². The molecule has 27 heavy (non-hydrogen) atoms. The van der Waals surface area contributed by atoms with Crippen molar-refractivity contribution in [3.05, 3.63) is 63.4 Å². The molecule has 141 valence electrons. The Bertz CT molecular complexity index is 1090. The number of fused-ring (bicyclic) bond motifs is 1. The van der Waals surface area contributed by atoms with Crippen LogP contribution < -0.4 is 4.90 Å². The van der Waals surface area contributed by atoms with E-state index in [1.54, 1.807) is 32.2 Å². The van der Waals surface area contributed by atoms with Crippen molar-refractivity contribution >= 4 is 49.5 Å². The minimum atomic E-state index is -3.83. The van der Waals surface area contributed by atoms with E-state index < -0.39 is 14.6 Å². The molecule has 1 aromatic heterocycles. The average Bonchev–Trinajstić information content (AvgIpc) is 2.59. The second-order valence-corrected chi connectivity index (χ2v) is 9.92. The molecule has 8 heteroatoms. The second-order valence-electron chi connectivity index (χ2n) is 6.70. The fraction of sp³-hybridized carbons (Fsp3) is 0.263. The van der Waals surface area contributed by atoms with Crippen molar-refractivity contribution in [1.29, 1.82) is 0 Å². The number of aromatic nitrogens is 1. The van der Waals surface area contributed by atoms with Crippen molar-refractivity contribution in [2.75, 3.05) is 11.9 Å². The number of anilines is 1. The Morgan fingerprint density at radius 2 is 1.89 bits per heavy atom. The fourth-order valence-corrected chi connectivity index (χ4v) is 5.39. The third-order valence-corrected chi connectivity index (χ3v) is 7.86. The number of carbonyl (C=O) groups excluding carboxylic acids is 1. The molecule has 1 amide bonds. The number of amides is 1. The Labute approximate surface area is 168 Å². The summed E-state index contributed by atoms with van der Waals surface area (Å²) in [6.45, 7) is 4.61. The minimum absolute atomic E-state index is 0.0708. The van der Waals surface area contributed by atoms with E-state index in [9.17, 15) is 13.2 Å². The number of nitrogens with zero attached hydrogens (tertiary/aromatic N) is 2. The highest BCUT2D eigenvalue weighted by Gasteiger charge is 2.45. The summed E-state index contributed by atoms with van der Waals surface area (Å²) in [4.78, 5) is 17.3. The largest absolute Gasteiger partial charge is 0.313 e. The zero-order chi connectivity index (χ0) is 20.1. The summed E-state index contributed by atoms with van der Waals surface area (Å²) in [5, 5.41) is 0.314.